The molecule has 1 saturated heterocycles. The van der Waals surface area contributed by atoms with Gasteiger partial charge in [0.05, 0.1) is 5.69 Å². The number of nitrogens with zero attached hydrogens (tertiary/aromatic N) is 2. The fourth-order valence-corrected chi connectivity index (χ4v) is 2.80. The molecule has 0 unspecified atom stereocenters. The van der Waals surface area contributed by atoms with Crippen molar-refractivity contribution in [2.45, 2.75) is 32.4 Å². The van der Waals surface area contributed by atoms with Crippen LogP contribution < -0.4 is 11.1 Å². The Morgan fingerprint density at radius 3 is 3.00 bits per heavy atom. The molecule has 0 aromatic carbocycles. The first-order chi connectivity index (χ1) is 8.13. The van der Waals surface area contributed by atoms with E-state index in [-0.39, 0.29) is 36.8 Å². The minimum atomic E-state index is -0.0779. The summed E-state index contributed by atoms with van der Waals surface area (Å²) in [6.07, 6.45) is 2.27. The van der Waals surface area contributed by atoms with Gasteiger partial charge < -0.3 is 11.1 Å². The molecule has 1 aromatic heterocycles. The van der Waals surface area contributed by atoms with Crippen LogP contribution in [-0.4, -0.2) is 34.9 Å². The third-order valence-electron chi connectivity index (χ3n) is 2.76. The quantitative estimate of drug-likeness (QED) is 0.889. The first kappa shape index (κ1) is 18.6. The van der Waals surface area contributed by atoms with Gasteiger partial charge in [-0.2, -0.15) is 0 Å². The summed E-state index contributed by atoms with van der Waals surface area (Å²) >= 11 is 1.47. The molecule has 0 bridgehead atoms. The normalized spacial score (nSPS) is 19.2. The van der Waals surface area contributed by atoms with Crippen LogP contribution in [-0.2, 0) is 11.3 Å². The number of halogens is 2. The predicted molar refractivity (Wildman–Crippen MR) is 83.4 cm³/mol. The average Bonchev–Trinajstić information content (AvgIpc) is 2.64. The third kappa shape index (κ3) is 6.05. The molecule has 8 heteroatoms. The zero-order valence-corrected chi connectivity index (χ0v) is 13.2. The van der Waals surface area contributed by atoms with Gasteiger partial charge >= 0.3 is 0 Å². The van der Waals surface area contributed by atoms with Crippen LogP contribution in [0.2, 0.25) is 0 Å². The molecule has 1 fully saturated rings. The fraction of sp³-hybridized carbons (Fsp3) is 0.636. The van der Waals surface area contributed by atoms with Crippen LogP contribution in [0.3, 0.4) is 0 Å². The van der Waals surface area contributed by atoms with Crippen molar-refractivity contribution in [3.8, 4) is 0 Å². The molecule has 5 nitrogen and oxygen atoms in total. The summed E-state index contributed by atoms with van der Waals surface area (Å²) in [4.78, 5) is 17.6. The van der Waals surface area contributed by atoms with Crippen molar-refractivity contribution < 1.29 is 4.79 Å². The highest BCUT2D eigenvalue weighted by Gasteiger charge is 2.17. The molecule has 3 N–H and O–H groups in total. The van der Waals surface area contributed by atoms with E-state index in [1.54, 1.807) is 0 Å². The number of piperidine rings is 1. The molecule has 0 spiro atoms. The lowest BCUT2D eigenvalue weighted by molar-refractivity contribution is -0.114. The van der Waals surface area contributed by atoms with Gasteiger partial charge in [0.25, 0.3) is 0 Å². The van der Waals surface area contributed by atoms with Crippen LogP contribution in [0.1, 0.15) is 25.5 Å². The molecule has 110 valence electrons. The Morgan fingerprint density at radius 1 is 1.63 bits per heavy atom. The molecule has 0 saturated carbocycles. The lowest BCUT2D eigenvalue weighted by atomic mass is 10.1. The first-order valence-electron chi connectivity index (χ1n) is 5.83. The molecule has 1 amide bonds. The summed E-state index contributed by atoms with van der Waals surface area (Å²) < 4.78 is 0. The Bertz CT molecular complexity index is 402. The number of thiazole rings is 1. The van der Waals surface area contributed by atoms with Gasteiger partial charge in [-0.15, -0.1) is 36.2 Å². The summed E-state index contributed by atoms with van der Waals surface area (Å²) in [6.45, 7) is 4.34. The van der Waals surface area contributed by atoms with E-state index in [1.807, 2.05) is 5.38 Å². The van der Waals surface area contributed by atoms with Crippen LogP contribution in [0, 0.1) is 0 Å². The van der Waals surface area contributed by atoms with Gasteiger partial charge in [0.1, 0.15) is 0 Å². The van der Waals surface area contributed by atoms with Crippen LogP contribution >= 0.6 is 36.2 Å². The summed E-state index contributed by atoms with van der Waals surface area (Å²) in [5.74, 6) is -0.0779. The van der Waals surface area contributed by atoms with Crippen molar-refractivity contribution in [2.75, 3.05) is 18.4 Å². The number of nitrogens with one attached hydrogen (secondary N) is 1. The molecule has 2 rings (SSSR count). The zero-order valence-electron chi connectivity index (χ0n) is 10.8. The Hall–Kier alpha value is -0.400. The van der Waals surface area contributed by atoms with Crippen molar-refractivity contribution in [1.82, 2.24) is 9.88 Å². The molecular formula is C11H20Cl2N4OS. The number of likely N-dealkylation sites (tertiary alicyclic amines) is 1. The van der Waals surface area contributed by atoms with E-state index in [0.29, 0.717) is 5.13 Å². The van der Waals surface area contributed by atoms with Crippen LogP contribution in [0.15, 0.2) is 5.38 Å². The molecule has 1 atom stereocenters. The van der Waals surface area contributed by atoms with Crippen LogP contribution in [0.5, 0.6) is 0 Å². The van der Waals surface area contributed by atoms with Crippen molar-refractivity contribution in [2.24, 2.45) is 5.73 Å². The van der Waals surface area contributed by atoms with Gasteiger partial charge in [-0.3, -0.25) is 9.69 Å². The fourth-order valence-electron chi connectivity index (χ4n) is 2.05. The maximum atomic E-state index is 10.9. The number of aromatic nitrogens is 1. The van der Waals surface area contributed by atoms with Gasteiger partial charge in [0, 0.05) is 31.4 Å². The lowest BCUT2D eigenvalue weighted by Crippen LogP contribution is -2.42. The number of carbonyl (C=O) groups excluding carboxylic acids is 1. The molecule has 0 aliphatic carbocycles. The summed E-state index contributed by atoms with van der Waals surface area (Å²) in [6, 6.07) is 0.289. The van der Waals surface area contributed by atoms with E-state index in [4.69, 9.17) is 5.73 Å². The Morgan fingerprint density at radius 2 is 2.37 bits per heavy atom. The van der Waals surface area contributed by atoms with E-state index in [2.05, 4.69) is 15.2 Å². The highest BCUT2D eigenvalue weighted by Crippen LogP contribution is 2.18. The number of rotatable bonds is 3. The largest absolute Gasteiger partial charge is 0.327 e. The van der Waals surface area contributed by atoms with Gasteiger partial charge in [0.15, 0.2) is 5.13 Å². The number of hydrogen-bond donors (Lipinski definition) is 2. The van der Waals surface area contributed by atoms with Crippen molar-refractivity contribution >= 4 is 47.2 Å². The number of carbonyl (C=O) groups is 1. The van der Waals surface area contributed by atoms with Crippen LogP contribution in [0.4, 0.5) is 5.13 Å². The monoisotopic (exact) mass is 326 g/mol. The van der Waals surface area contributed by atoms with Gasteiger partial charge in [0.2, 0.25) is 5.91 Å². The van der Waals surface area contributed by atoms with Gasteiger partial charge in [-0.25, -0.2) is 4.98 Å². The molecule has 2 heterocycles. The van der Waals surface area contributed by atoms with E-state index < -0.39 is 0 Å². The molecule has 19 heavy (non-hydrogen) atoms. The zero-order chi connectivity index (χ0) is 12.3. The highest BCUT2D eigenvalue weighted by atomic mass is 35.5. The SMILES string of the molecule is CC(=O)Nc1nc(CN2CCC[C@@H](N)C2)cs1.Cl.Cl. The summed E-state index contributed by atoms with van der Waals surface area (Å²) in [7, 11) is 0. The predicted octanol–water partition coefficient (Wildman–Crippen LogP) is 1.87. The second-order valence-corrected chi connectivity index (χ2v) is 5.32. The number of hydrogen-bond acceptors (Lipinski definition) is 5. The topological polar surface area (TPSA) is 71.2 Å². The second-order valence-electron chi connectivity index (χ2n) is 4.46. The number of nitrogens with two attached hydrogens (primary N) is 1. The van der Waals surface area contributed by atoms with Crippen molar-refractivity contribution in [1.29, 1.82) is 0 Å². The van der Waals surface area contributed by atoms with Gasteiger partial charge in [-0.1, -0.05) is 0 Å². The third-order valence-corrected chi connectivity index (χ3v) is 3.57. The number of anilines is 1. The van der Waals surface area contributed by atoms with Crippen molar-refractivity contribution in [3.05, 3.63) is 11.1 Å². The average molecular weight is 327 g/mol. The maximum Gasteiger partial charge on any atom is 0.223 e. The maximum absolute atomic E-state index is 10.9. The molecule has 1 aliphatic rings. The smallest absolute Gasteiger partial charge is 0.223 e. The first-order valence-corrected chi connectivity index (χ1v) is 6.71. The van der Waals surface area contributed by atoms with E-state index in [0.717, 1.165) is 38.2 Å². The van der Waals surface area contributed by atoms with E-state index in [1.165, 1.54) is 18.3 Å². The Kier molecular flexibility index (Phi) is 8.52. The van der Waals surface area contributed by atoms with E-state index >= 15 is 0 Å². The molecule has 1 aromatic rings. The molecule has 0 radical (unpaired) electrons. The standard InChI is InChI=1S/C11H18N4OS.2ClH/c1-8(16)13-11-14-10(7-17-11)6-15-4-2-3-9(12)5-15;;/h7,9H,2-6,12H2,1H3,(H,13,14,16);2*1H/t9-;;/m1../s1. The molecule has 1 aliphatic heterocycles. The highest BCUT2D eigenvalue weighted by molar-refractivity contribution is 7.13. The summed E-state index contributed by atoms with van der Waals surface area (Å²) in [5.41, 5.74) is 6.94. The van der Waals surface area contributed by atoms with E-state index in [9.17, 15) is 4.79 Å². The number of amides is 1. The van der Waals surface area contributed by atoms with Crippen LogP contribution in [0.25, 0.3) is 0 Å². The summed E-state index contributed by atoms with van der Waals surface area (Å²) in [5, 5.41) is 5.36. The minimum absolute atomic E-state index is 0. The lowest BCUT2D eigenvalue weighted by Gasteiger charge is -2.29. The second kappa shape index (κ2) is 8.71. The minimum Gasteiger partial charge on any atom is -0.327 e. The van der Waals surface area contributed by atoms with Crippen molar-refractivity contribution in [3.63, 3.8) is 0 Å². The van der Waals surface area contributed by atoms with Gasteiger partial charge in [-0.05, 0) is 19.4 Å². The Balaban J connectivity index is 0.00000162. The molecular weight excluding hydrogens is 307 g/mol. The Labute approximate surface area is 129 Å².